The van der Waals surface area contributed by atoms with Gasteiger partial charge in [-0.1, -0.05) is 0 Å². The van der Waals surface area contributed by atoms with Gasteiger partial charge in [-0.2, -0.15) is 4.79 Å². The third-order valence-corrected chi connectivity index (χ3v) is 1.96. The summed E-state index contributed by atoms with van der Waals surface area (Å²) in [4.78, 5) is 25.6. The van der Waals surface area contributed by atoms with Gasteiger partial charge in [-0.05, 0) is 0 Å². The van der Waals surface area contributed by atoms with Crippen LogP contribution in [0.15, 0.2) is 12.7 Å². The van der Waals surface area contributed by atoms with Crippen molar-refractivity contribution < 1.29 is 9.58 Å². The van der Waals surface area contributed by atoms with Gasteiger partial charge in [0, 0.05) is 0 Å². The van der Waals surface area contributed by atoms with Crippen molar-refractivity contribution in [2.75, 3.05) is 5.73 Å². The van der Waals surface area contributed by atoms with Gasteiger partial charge in [0.05, 0.1) is 12.9 Å². The van der Waals surface area contributed by atoms with Crippen LogP contribution in [0, 0.1) is 0 Å². The molecule has 0 unspecified atom stereocenters. The lowest BCUT2D eigenvalue weighted by Gasteiger charge is -1.97. The third-order valence-electron chi connectivity index (χ3n) is 1.96. The van der Waals surface area contributed by atoms with Crippen LogP contribution in [0.3, 0.4) is 0 Å². The monoisotopic (exact) mass is 217 g/mol. The minimum absolute atomic E-state index is 0.0169. The predicted octanol–water partition coefficient (Wildman–Crippen LogP) is -0.722. The predicted molar refractivity (Wildman–Crippen MR) is 54.4 cm³/mol. The smallest absolute Gasteiger partial charge is 0.325 e. The van der Waals surface area contributed by atoms with Gasteiger partial charge in [0.2, 0.25) is 0 Å². The van der Waals surface area contributed by atoms with E-state index in [1.54, 1.807) is 0 Å². The van der Waals surface area contributed by atoms with Gasteiger partial charge >= 0.3 is 6.21 Å². The second kappa shape index (κ2) is 3.87. The van der Waals surface area contributed by atoms with Gasteiger partial charge in [-0.3, -0.25) is 4.79 Å². The lowest BCUT2D eigenvalue weighted by molar-refractivity contribution is -0.116. The van der Waals surface area contributed by atoms with E-state index in [-0.39, 0.29) is 18.1 Å². The van der Waals surface area contributed by atoms with Gasteiger partial charge in [0.25, 0.3) is 5.78 Å². The lowest BCUT2D eigenvalue weighted by atomic mass is 10.4. The van der Waals surface area contributed by atoms with Gasteiger partial charge in [0.15, 0.2) is 11.5 Å². The molecule has 8 heteroatoms. The molecule has 16 heavy (non-hydrogen) atoms. The Morgan fingerprint density at radius 2 is 2.38 bits per heavy atom. The summed E-state index contributed by atoms with van der Waals surface area (Å²) in [5, 5.41) is 0. The van der Waals surface area contributed by atoms with E-state index in [2.05, 4.69) is 19.7 Å². The summed E-state index contributed by atoms with van der Waals surface area (Å²) in [7, 11) is 0. The van der Waals surface area contributed by atoms with Crippen molar-refractivity contribution in [2.45, 2.75) is 6.54 Å². The number of nitrogen functional groups attached to an aromatic ring is 1. The molecule has 2 aromatic rings. The second-order valence-corrected chi connectivity index (χ2v) is 3.01. The highest BCUT2D eigenvalue weighted by Crippen LogP contribution is 2.13. The number of hydrogen-bond donors (Lipinski definition) is 1. The summed E-state index contributed by atoms with van der Waals surface area (Å²) in [6, 6.07) is 0. The normalized spacial score (nSPS) is 10.0. The maximum absolute atomic E-state index is 11.2. The molecule has 0 radical (unpaired) electrons. The average molecular weight is 217 g/mol. The fourth-order valence-electron chi connectivity index (χ4n) is 1.29. The molecule has 80 valence electrons. The minimum atomic E-state index is -0.376. The van der Waals surface area contributed by atoms with Gasteiger partial charge in [-0.15, -0.1) is 0 Å². The van der Waals surface area contributed by atoms with E-state index in [1.165, 1.54) is 17.2 Å². The van der Waals surface area contributed by atoms with Crippen LogP contribution < -0.4 is 5.73 Å². The Labute approximate surface area is 89.4 Å². The fourth-order valence-corrected chi connectivity index (χ4v) is 1.29. The lowest BCUT2D eigenvalue weighted by Crippen LogP contribution is -2.11. The molecule has 0 aliphatic rings. The first-order valence-electron chi connectivity index (χ1n) is 4.34. The topological polar surface area (TPSA) is 123 Å². The van der Waals surface area contributed by atoms with Crippen LogP contribution in [0.1, 0.15) is 0 Å². The number of fused-ring (bicyclic) bond motifs is 1. The van der Waals surface area contributed by atoms with E-state index < -0.39 is 0 Å². The highest BCUT2D eigenvalue weighted by molar-refractivity contribution is 6.25. The Morgan fingerprint density at radius 1 is 1.56 bits per heavy atom. The van der Waals surface area contributed by atoms with Gasteiger partial charge in [0.1, 0.15) is 11.8 Å². The molecule has 2 heterocycles. The molecule has 8 nitrogen and oxygen atoms in total. The number of aromatic nitrogens is 4. The molecule has 2 aromatic heterocycles. The van der Waals surface area contributed by atoms with Crippen LogP contribution in [0.25, 0.3) is 16.7 Å². The van der Waals surface area contributed by atoms with Gasteiger partial charge < -0.3 is 15.8 Å². The quantitative estimate of drug-likeness (QED) is 0.412. The van der Waals surface area contributed by atoms with E-state index in [0.717, 1.165) is 6.21 Å². The first-order valence-corrected chi connectivity index (χ1v) is 4.34. The molecular weight excluding hydrogens is 210 g/mol. The largest absolute Gasteiger partial charge is 0.382 e. The van der Waals surface area contributed by atoms with Crippen LogP contribution in [-0.4, -0.2) is 36.3 Å². The molecule has 0 aliphatic carbocycles. The summed E-state index contributed by atoms with van der Waals surface area (Å²) in [5.41, 5.74) is 14.7. The zero-order valence-electron chi connectivity index (χ0n) is 8.11. The van der Waals surface area contributed by atoms with E-state index in [4.69, 9.17) is 11.3 Å². The summed E-state index contributed by atoms with van der Waals surface area (Å²) in [6.07, 6.45) is 3.54. The first kappa shape index (κ1) is 9.94. The van der Waals surface area contributed by atoms with E-state index in [0.29, 0.717) is 11.2 Å². The van der Waals surface area contributed by atoms with Crippen molar-refractivity contribution in [3.8, 4) is 0 Å². The molecule has 0 fully saturated rings. The average Bonchev–Trinajstić information content (AvgIpc) is 2.64. The third kappa shape index (κ3) is 1.64. The fraction of sp³-hybridized carbons (Fsp3) is 0.125. The Bertz CT molecular complexity index is 595. The van der Waals surface area contributed by atoms with Crippen LogP contribution in [0.2, 0.25) is 0 Å². The molecule has 2 rings (SSSR count). The first-order chi connectivity index (χ1) is 7.72. The summed E-state index contributed by atoms with van der Waals surface area (Å²) in [6.45, 7) is -0.0169. The van der Waals surface area contributed by atoms with Crippen molar-refractivity contribution in [1.82, 2.24) is 19.5 Å². The summed E-state index contributed by atoms with van der Waals surface area (Å²) >= 11 is 0. The number of imidazole rings is 1. The van der Waals surface area contributed by atoms with E-state index in [1.807, 2.05) is 0 Å². The molecular formula is C8H7N7O. The number of rotatable bonds is 3. The van der Waals surface area contributed by atoms with Crippen molar-refractivity contribution >= 4 is 29.0 Å². The zero-order chi connectivity index (χ0) is 11.5. The molecule has 0 aromatic carbocycles. The van der Waals surface area contributed by atoms with E-state index in [9.17, 15) is 4.79 Å². The molecule has 0 amide bonds. The van der Waals surface area contributed by atoms with Crippen LogP contribution in [-0.2, 0) is 11.3 Å². The molecule has 0 saturated heterocycles. The highest BCUT2D eigenvalue weighted by atomic mass is 16.1. The number of Topliss-reactive ketones (excluding diaryl/α,β-unsaturated/α-hetero) is 1. The summed E-state index contributed by atoms with van der Waals surface area (Å²) in [5.74, 6) is -0.119. The number of carbonyl (C=O) groups is 1. The standard InChI is InChI=1S/C8H7N7O/c9-7-6-8(12-3-11-7)15(4-13-6)2-5(16)1-14-10/h1,3-4H,2H2,(H2,9,11,12). The van der Waals surface area contributed by atoms with Crippen molar-refractivity contribution in [3.63, 3.8) is 0 Å². The van der Waals surface area contributed by atoms with Crippen molar-refractivity contribution in [2.24, 2.45) is 0 Å². The summed E-state index contributed by atoms with van der Waals surface area (Å²) < 4.78 is 1.50. The zero-order valence-corrected chi connectivity index (χ0v) is 8.11. The number of anilines is 1. The number of hydrogen-bond acceptors (Lipinski definition) is 5. The van der Waals surface area contributed by atoms with Crippen molar-refractivity contribution in [3.05, 3.63) is 18.2 Å². The number of nitrogens with zero attached hydrogens (tertiary/aromatic N) is 6. The molecule has 0 spiro atoms. The van der Waals surface area contributed by atoms with Crippen molar-refractivity contribution in [1.29, 1.82) is 0 Å². The van der Waals surface area contributed by atoms with Gasteiger partial charge in [-0.25, -0.2) is 15.0 Å². The minimum Gasteiger partial charge on any atom is -0.382 e. The van der Waals surface area contributed by atoms with E-state index >= 15 is 0 Å². The van der Waals surface area contributed by atoms with Crippen LogP contribution >= 0.6 is 0 Å². The molecule has 2 N–H and O–H groups in total. The molecule has 0 aliphatic heterocycles. The van der Waals surface area contributed by atoms with Crippen LogP contribution in [0.5, 0.6) is 0 Å². The number of nitrogens with two attached hydrogens (primary N) is 1. The molecule has 0 bridgehead atoms. The maximum Gasteiger partial charge on any atom is 0.325 e. The van der Waals surface area contributed by atoms with Crippen LogP contribution in [0.4, 0.5) is 5.82 Å². The number of ketones is 1. The Kier molecular flexibility index (Phi) is 2.40. The number of carbonyl (C=O) groups excluding carboxylic acids is 1. The Balaban J connectivity index is 2.43. The Hall–Kier alpha value is -2.60. The highest BCUT2D eigenvalue weighted by Gasteiger charge is 2.11. The second-order valence-electron chi connectivity index (χ2n) is 3.01. The molecule has 0 atom stereocenters. The molecule has 0 saturated carbocycles. The maximum atomic E-state index is 11.2. The SMILES string of the molecule is [N-]=[N+]=CC(=O)Cn1cnc2c(N)ncnc21. The Morgan fingerprint density at radius 3 is 3.12 bits per heavy atom.